The normalized spacial score (nSPS) is 14.8. The molecule has 1 rings (SSSR count). The van der Waals surface area contributed by atoms with E-state index >= 15 is 0 Å². The van der Waals surface area contributed by atoms with Crippen molar-refractivity contribution < 1.29 is 18.3 Å². The van der Waals surface area contributed by atoms with Gasteiger partial charge >= 0.3 is 6.18 Å². The second-order valence-electron chi connectivity index (χ2n) is 5.21. The van der Waals surface area contributed by atoms with Gasteiger partial charge in [0.15, 0.2) is 0 Å². The molecule has 1 aromatic carbocycles. The molecule has 0 saturated heterocycles. The minimum absolute atomic E-state index is 0.145. The fraction of sp³-hybridized carbons (Fsp3) is 0.538. The summed E-state index contributed by atoms with van der Waals surface area (Å²) in [5.41, 5.74) is 1.08. The predicted octanol–water partition coefficient (Wildman–Crippen LogP) is 3.97. The molecule has 96 valence electrons. The molecule has 0 saturated carbocycles. The third-order valence-corrected chi connectivity index (χ3v) is 2.56. The van der Waals surface area contributed by atoms with Gasteiger partial charge in [0, 0.05) is 0 Å². The highest BCUT2D eigenvalue weighted by atomic mass is 19.4. The van der Waals surface area contributed by atoms with Crippen LogP contribution in [0.2, 0.25) is 0 Å². The summed E-state index contributed by atoms with van der Waals surface area (Å²) in [6.07, 6.45) is -7.05. The zero-order valence-electron chi connectivity index (χ0n) is 10.2. The molecule has 0 spiro atoms. The molecule has 0 aliphatic carbocycles. The third kappa shape index (κ3) is 4.38. The summed E-state index contributed by atoms with van der Waals surface area (Å²) in [6, 6.07) is 6.68. The summed E-state index contributed by atoms with van der Waals surface area (Å²) >= 11 is 0. The molecule has 1 atom stereocenters. The van der Waals surface area contributed by atoms with Crippen LogP contribution in [0.15, 0.2) is 24.3 Å². The minimum atomic E-state index is -4.35. The Morgan fingerprint density at radius 3 is 2.24 bits per heavy atom. The number of aliphatic hydroxyl groups excluding tert-OH is 1. The van der Waals surface area contributed by atoms with Crippen LogP contribution < -0.4 is 0 Å². The van der Waals surface area contributed by atoms with Gasteiger partial charge in [0.1, 0.15) is 0 Å². The van der Waals surface area contributed by atoms with Crippen molar-refractivity contribution in [3.63, 3.8) is 0 Å². The smallest absolute Gasteiger partial charge is 0.388 e. The van der Waals surface area contributed by atoms with Crippen LogP contribution in [0.1, 0.15) is 44.4 Å². The predicted molar refractivity (Wildman–Crippen MR) is 60.8 cm³/mol. The van der Waals surface area contributed by atoms with Gasteiger partial charge in [-0.1, -0.05) is 45.0 Å². The van der Waals surface area contributed by atoms with Crippen molar-refractivity contribution in [2.45, 2.75) is 44.9 Å². The summed E-state index contributed by atoms with van der Waals surface area (Å²) in [4.78, 5) is 0. The molecule has 0 amide bonds. The van der Waals surface area contributed by atoms with Crippen LogP contribution in [0.4, 0.5) is 13.2 Å². The average molecular weight is 246 g/mol. The fourth-order valence-corrected chi connectivity index (χ4v) is 1.55. The van der Waals surface area contributed by atoms with Gasteiger partial charge in [-0.2, -0.15) is 13.2 Å². The molecule has 17 heavy (non-hydrogen) atoms. The lowest BCUT2D eigenvalue weighted by molar-refractivity contribution is -0.154. The first-order chi connectivity index (χ1) is 7.59. The van der Waals surface area contributed by atoms with Crippen LogP contribution in [-0.4, -0.2) is 11.3 Å². The second kappa shape index (κ2) is 4.69. The second-order valence-corrected chi connectivity index (χ2v) is 5.21. The Hall–Kier alpha value is -1.03. The molecule has 0 radical (unpaired) electrons. The number of benzene rings is 1. The maximum absolute atomic E-state index is 12.2. The maximum atomic E-state index is 12.2. The monoisotopic (exact) mass is 246 g/mol. The van der Waals surface area contributed by atoms with Gasteiger partial charge < -0.3 is 5.11 Å². The van der Waals surface area contributed by atoms with Gasteiger partial charge in [-0.05, 0) is 16.5 Å². The van der Waals surface area contributed by atoms with Crippen molar-refractivity contribution in [1.29, 1.82) is 0 Å². The van der Waals surface area contributed by atoms with Crippen molar-refractivity contribution in [1.82, 2.24) is 0 Å². The highest BCUT2D eigenvalue weighted by Gasteiger charge is 2.32. The van der Waals surface area contributed by atoms with E-state index in [9.17, 15) is 18.3 Å². The number of halogens is 3. The molecule has 0 bridgehead atoms. The maximum Gasteiger partial charge on any atom is 0.391 e. The van der Waals surface area contributed by atoms with Crippen LogP contribution in [0.3, 0.4) is 0 Å². The van der Waals surface area contributed by atoms with E-state index in [4.69, 9.17) is 0 Å². The first-order valence-electron chi connectivity index (χ1n) is 5.45. The van der Waals surface area contributed by atoms with Gasteiger partial charge in [0.05, 0.1) is 12.5 Å². The van der Waals surface area contributed by atoms with Crippen LogP contribution >= 0.6 is 0 Å². The lowest BCUT2D eigenvalue weighted by Crippen LogP contribution is -2.15. The zero-order valence-corrected chi connectivity index (χ0v) is 10.2. The van der Waals surface area contributed by atoms with Crippen LogP contribution in [0.5, 0.6) is 0 Å². The van der Waals surface area contributed by atoms with E-state index in [1.54, 1.807) is 12.1 Å². The highest BCUT2D eigenvalue weighted by molar-refractivity contribution is 5.29. The molecule has 0 aromatic heterocycles. The summed E-state index contributed by atoms with van der Waals surface area (Å²) in [5, 5.41) is 9.53. The lowest BCUT2D eigenvalue weighted by atomic mass is 9.85. The Morgan fingerprint density at radius 2 is 1.76 bits per heavy atom. The zero-order chi connectivity index (χ0) is 13.3. The van der Waals surface area contributed by atoms with Crippen molar-refractivity contribution in [2.24, 2.45) is 0 Å². The lowest BCUT2D eigenvalue weighted by Gasteiger charge is -2.21. The van der Waals surface area contributed by atoms with Crippen molar-refractivity contribution in [2.75, 3.05) is 0 Å². The quantitative estimate of drug-likeness (QED) is 0.837. The number of hydrogen-bond donors (Lipinski definition) is 1. The Labute approximate surface area is 99.3 Å². The van der Waals surface area contributed by atoms with E-state index in [-0.39, 0.29) is 5.41 Å². The number of aliphatic hydroxyl groups is 1. The molecule has 4 heteroatoms. The highest BCUT2D eigenvalue weighted by Crippen LogP contribution is 2.31. The largest absolute Gasteiger partial charge is 0.391 e. The Bertz CT molecular complexity index is 377. The molecular weight excluding hydrogens is 229 g/mol. The molecule has 0 aliphatic heterocycles. The average Bonchev–Trinajstić information content (AvgIpc) is 2.14. The molecule has 1 unspecified atom stereocenters. The Kier molecular flexibility index (Phi) is 3.87. The topological polar surface area (TPSA) is 20.2 Å². The molecule has 1 nitrogen and oxygen atoms in total. The van der Waals surface area contributed by atoms with E-state index in [1.165, 1.54) is 6.07 Å². The molecule has 1 aromatic rings. The Morgan fingerprint density at radius 1 is 1.18 bits per heavy atom. The number of hydrogen-bond acceptors (Lipinski definition) is 1. The summed E-state index contributed by atoms with van der Waals surface area (Å²) in [6.45, 7) is 5.92. The molecule has 0 aliphatic rings. The first kappa shape index (κ1) is 14.0. The van der Waals surface area contributed by atoms with Crippen LogP contribution in [-0.2, 0) is 5.41 Å². The standard InChI is InChI=1S/C13H17F3O/c1-12(2,3)10-6-4-5-9(7-10)11(17)8-13(14,15)16/h4-7,11,17H,8H2,1-3H3. The van der Waals surface area contributed by atoms with Gasteiger partial charge in [-0.15, -0.1) is 0 Å². The van der Waals surface area contributed by atoms with E-state index in [2.05, 4.69) is 0 Å². The molecule has 1 N–H and O–H groups in total. The summed E-state index contributed by atoms with van der Waals surface area (Å²) in [5.74, 6) is 0. The summed E-state index contributed by atoms with van der Waals surface area (Å²) < 4.78 is 36.5. The first-order valence-corrected chi connectivity index (χ1v) is 5.45. The number of rotatable bonds is 2. The minimum Gasteiger partial charge on any atom is -0.388 e. The number of alkyl halides is 3. The van der Waals surface area contributed by atoms with Crippen molar-refractivity contribution in [3.8, 4) is 0 Å². The van der Waals surface area contributed by atoms with E-state index < -0.39 is 18.7 Å². The molecule has 0 heterocycles. The van der Waals surface area contributed by atoms with Crippen LogP contribution in [0, 0.1) is 0 Å². The molecular formula is C13H17F3O. The third-order valence-electron chi connectivity index (χ3n) is 2.56. The SMILES string of the molecule is CC(C)(C)c1cccc(C(O)CC(F)(F)F)c1. The van der Waals surface area contributed by atoms with Crippen molar-refractivity contribution in [3.05, 3.63) is 35.4 Å². The van der Waals surface area contributed by atoms with Crippen LogP contribution in [0.25, 0.3) is 0 Å². The summed E-state index contributed by atoms with van der Waals surface area (Å²) in [7, 11) is 0. The van der Waals surface area contributed by atoms with Crippen molar-refractivity contribution >= 4 is 0 Å². The van der Waals surface area contributed by atoms with Gasteiger partial charge in [-0.3, -0.25) is 0 Å². The van der Waals surface area contributed by atoms with Gasteiger partial charge in [0.25, 0.3) is 0 Å². The van der Waals surface area contributed by atoms with Gasteiger partial charge in [-0.25, -0.2) is 0 Å². The van der Waals surface area contributed by atoms with E-state index in [0.29, 0.717) is 5.56 Å². The van der Waals surface area contributed by atoms with E-state index in [1.807, 2.05) is 26.8 Å². The van der Waals surface area contributed by atoms with Gasteiger partial charge in [0.2, 0.25) is 0 Å². The Balaban J connectivity index is 2.92. The fourth-order valence-electron chi connectivity index (χ4n) is 1.55. The molecule has 0 fully saturated rings. The van der Waals surface area contributed by atoms with E-state index in [0.717, 1.165) is 5.56 Å².